The third-order valence-electron chi connectivity index (χ3n) is 5.51. The number of benzene rings is 2. The number of halogens is 1. The Morgan fingerprint density at radius 2 is 1.91 bits per heavy atom. The molecule has 174 valence electrons. The number of hydrogen-bond donors (Lipinski definition) is 1. The van der Waals surface area contributed by atoms with Gasteiger partial charge in [-0.05, 0) is 54.8 Å². The second kappa shape index (κ2) is 9.97. The molecule has 2 heterocycles. The normalized spacial score (nSPS) is 15.1. The Labute approximate surface area is 197 Å². The van der Waals surface area contributed by atoms with E-state index in [-0.39, 0.29) is 24.7 Å². The molecular weight excluding hydrogens is 437 g/mol. The van der Waals surface area contributed by atoms with Crippen molar-refractivity contribution in [2.75, 3.05) is 31.6 Å². The fourth-order valence-electron chi connectivity index (χ4n) is 3.86. The number of aryl methyl sites for hydroxylation is 2. The van der Waals surface area contributed by atoms with E-state index in [0.29, 0.717) is 30.5 Å². The lowest BCUT2D eigenvalue weighted by atomic mass is 10.1. The van der Waals surface area contributed by atoms with E-state index in [4.69, 9.17) is 14.7 Å². The molecular formula is C25H24FN5O3. The Hall–Kier alpha value is -3.84. The van der Waals surface area contributed by atoms with Crippen molar-refractivity contribution in [3.63, 3.8) is 0 Å². The first-order valence-corrected chi connectivity index (χ1v) is 10.8. The van der Waals surface area contributed by atoms with Gasteiger partial charge in [0.1, 0.15) is 18.8 Å². The summed E-state index contributed by atoms with van der Waals surface area (Å²) in [6.07, 6.45) is 4.69. The maximum absolute atomic E-state index is 14.8. The SMILES string of the molecule is Cc1cc(/C=C/C#N)cc(C)c1Oc1ccnc(Nc2ccc([N+]3([O-])CCOCC3)c(F)c2)n1. The van der Waals surface area contributed by atoms with Crippen LogP contribution in [0.25, 0.3) is 6.08 Å². The largest absolute Gasteiger partial charge is 0.627 e. The second-order valence-corrected chi connectivity index (χ2v) is 8.01. The molecule has 4 rings (SSSR count). The van der Waals surface area contributed by atoms with E-state index in [2.05, 4.69) is 15.3 Å². The molecule has 1 aliphatic rings. The molecule has 0 bridgehead atoms. The predicted molar refractivity (Wildman–Crippen MR) is 128 cm³/mol. The highest BCUT2D eigenvalue weighted by Gasteiger charge is 2.27. The molecule has 0 radical (unpaired) electrons. The van der Waals surface area contributed by atoms with Crippen molar-refractivity contribution in [1.29, 1.82) is 5.26 Å². The Morgan fingerprint density at radius 3 is 2.59 bits per heavy atom. The summed E-state index contributed by atoms with van der Waals surface area (Å²) >= 11 is 0. The highest BCUT2D eigenvalue weighted by molar-refractivity contribution is 5.60. The van der Waals surface area contributed by atoms with Crippen LogP contribution in [0, 0.1) is 36.2 Å². The molecule has 8 nitrogen and oxygen atoms in total. The third-order valence-corrected chi connectivity index (χ3v) is 5.51. The maximum Gasteiger partial charge on any atom is 0.230 e. The Kier molecular flexibility index (Phi) is 6.84. The number of anilines is 2. The molecule has 3 aromatic rings. The number of aromatic nitrogens is 2. The number of morpholine rings is 1. The summed E-state index contributed by atoms with van der Waals surface area (Å²) in [5.41, 5.74) is 3.19. The van der Waals surface area contributed by atoms with E-state index in [9.17, 15) is 9.60 Å². The maximum atomic E-state index is 14.8. The van der Waals surface area contributed by atoms with Crippen LogP contribution >= 0.6 is 0 Å². The second-order valence-electron chi connectivity index (χ2n) is 8.01. The molecule has 1 aromatic heterocycles. The minimum Gasteiger partial charge on any atom is -0.627 e. The lowest BCUT2D eigenvalue weighted by Gasteiger charge is -2.44. The van der Waals surface area contributed by atoms with Gasteiger partial charge in [0.25, 0.3) is 0 Å². The van der Waals surface area contributed by atoms with Crippen LogP contribution in [0.4, 0.5) is 21.7 Å². The van der Waals surface area contributed by atoms with Crippen LogP contribution < -0.4 is 14.7 Å². The zero-order valence-corrected chi connectivity index (χ0v) is 18.9. The minimum absolute atomic E-state index is 0.0888. The molecule has 1 fully saturated rings. The number of rotatable bonds is 6. The van der Waals surface area contributed by atoms with Gasteiger partial charge in [0.2, 0.25) is 11.8 Å². The van der Waals surface area contributed by atoms with Crippen molar-refractivity contribution in [1.82, 2.24) is 14.6 Å². The Balaban J connectivity index is 1.51. The van der Waals surface area contributed by atoms with Gasteiger partial charge < -0.3 is 24.6 Å². The lowest BCUT2D eigenvalue weighted by molar-refractivity contribution is 0.0604. The zero-order valence-electron chi connectivity index (χ0n) is 18.9. The van der Waals surface area contributed by atoms with Gasteiger partial charge in [-0.25, -0.2) is 9.37 Å². The highest BCUT2D eigenvalue weighted by atomic mass is 19.1. The number of nitrogens with zero attached hydrogens (tertiary/aromatic N) is 4. The summed E-state index contributed by atoms with van der Waals surface area (Å²) in [6.45, 7) is 4.80. The van der Waals surface area contributed by atoms with Gasteiger partial charge in [-0.3, -0.25) is 0 Å². The van der Waals surface area contributed by atoms with E-state index >= 15 is 0 Å². The van der Waals surface area contributed by atoms with Crippen LogP contribution in [-0.4, -0.2) is 36.3 Å². The van der Waals surface area contributed by atoms with Gasteiger partial charge in [-0.1, -0.05) is 0 Å². The molecule has 0 atom stereocenters. The molecule has 1 N–H and O–H groups in total. The van der Waals surface area contributed by atoms with E-state index in [0.717, 1.165) is 16.7 Å². The van der Waals surface area contributed by atoms with Gasteiger partial charge in [-0.15, -0.1) is 0 Å². The van der Waals surface area contributed by atoms with E-state index < -0.39 is 10.5 Å². The van der Waals surface area contributed by atoms with Crippen molar-refractivity contribution in [3.05, 3.63) is 76.4 Å². The van der Waals surface area contributed by atoms with E-state index in [1.165, 1.54) is 24.4 Å². The molecule has 1 aliphatic heterocycles. The van der Waals surface area contributed by atoms with Crippen molar-refractivity contribution in [2.45, 2.75) is 13.8 Å². The first-order valence-electron chi connectivity index (χ1n) is 10.8. The average molecular weight is 461 g/mol. The fourth-order valence-corrected chi connectivity index (χ4v) is 3.86. The molecule has 34 heavy (non-hydrogen) atoms. The van der Waals surface area contributed by atoms with Gasteiger partial charge in [-0.2, -0.15) is 10.2 Å². The number of ether oxygens (including phenoxy) is 2. The molecule has 0 aliphatic carbocycles. The molecule has 0 spiro atoms. The van der Waals surface area contributed by atoms with Crippen molar-refractivity contribution in [2.24, 2.45) is 0 Å². The summed E-state index contributed by atoms with van der Waals surface area (Å²) < 4.78 is 25.3. The standard InChI is InChI=1S/C25H24FN5O3/c1-17-14-19(4-3-8-27)15-18(2)24(17)34-23-7-9-28-25(30-23)29-20-5-6-22(21(26)16-20)31(32)10-12-33-13-11-31/h3-7,9,14-16H,10-13H2,1-2H3,(H,28,29,30)/b4-3+. The third kappa shape index (κ3) is 5.21. The minimum atomic E-state index is -0.740. The smallest absolute Gasteiger partial charge is 0.230 e. The first kappa shape index (κ1) is 23.3. The number of quaternary nitrogens is 1. The number of nitrogens with one attached hydrogen (secondary N) is 1. The molecule has 1 saturated heterocycles. The number of nitriles is 1. The van der Waals surface area contributed by atoms with Gasteiger partial charge in [0, 0.05) is 36.2 Å². The molecule has 2 aromatic carbocycles. The van der Waals surface area contributed by atoms with Crippen LogP contribution in [0.3, 0.4) is 0 Å². The first-order chi connectivity index (χ1) is 16.4. The van der Waals surface area contributed by atoms with Gasteiger partial charge in [0.05, 0.1) is 19.3 Å². The summed E-state index contributed by atoms with van der Waals surface area (Å²) in [5.74, 6) is 0.611. The van der Waals surface area contributed by atoms with Crippen LogP contribution in [0.1, 0.15) is 16.7 Å². The molecule has 0 amide bonds. The van der Waals surface area contributed by atoms with Crippen molar-refractivity contribution < 1.29 is 13.9 Å². The lowest BCUT2D eigenvalue weighted by Crippen LogP contribution is -2.52. The van der Waals surface area contributed by atoms with Crippen molar-refractivity contribution in [3.8, 4) is 17.7 Å². The summed E-state index contributed by atoms with van der Waals surface area (Å²) in [6, 6.07) is 11.8. The van der Waals surface area contributed by atoms with Crippen molar-refractivity contribution >= 4 is 23.4 Å². The quantitative estimate of drug-likeness (QED) is 0.308. The topological polar surface area (TPSA) is 103 Å². The van der Waals surface area contributed by atoms with E-state index in [1.54, 1.807) is 18.2 Å². The fraction of sp³-hybridized carbons (Fsp3) is 0.240. The summed E-state index contributed by atoms with van der Waals surface area (Å²) in [7, 11) is 0. The Bertz CT molecular complexity index is 1240. The van der Waals surface area contributed by atoms with Crippen LogP contribution in [0.5, 0.6) is 11.6 Å². The monoisotopic (exact) mass is 461 g/mol. The summed E-state index contributed by atoms with van der Waals surface area (Å²) in [4.78, 5) is 8.55. The molecule has 0 unspecified atom stereocenters. The number of hydroxylamine groups is 2. The highest BCUT2D eigenvalue weighted by Crippen LogP contribution is 2.32. The molecule has 0 saturated carbocycles. The van der Waals surface area contributed by atoms with E-state index in [1.807, 2.05) is 32.0 Å². The number of allylic oxidation sites excluding steroid dienone is 1. The number of hydrogen-bond acceptors (Lipinski definition) is 7. The predicted octanol–water partition coefficient (Wildman–Crippen LogP) is 5.14. The van der Waals surface area contributed by atoms with Gasteiger partial charge in [0.15, 0.2) is 11.5 Å². The summed E-state index contributed by atoms with van der Waals surface area (Å²) in [5, 5.41) is 24.6. The van der Waals surface area contributed by atoms with Crippen LogP contribution in [0.2, 0.25) is 0 Å². The molecule has 9 heteroatoms. The van der Waals surface area contributed by atoms with Crippen LogP contribution in [0.15, 0.2) is 48.7 Å². The average Bonchev–Trinajstić information content (AvgIpc) is 2.81. The zero-order chi connectivity index (χ0) is 24.1. The van der Waals surface area contributed by atoms with Gasteiger partial charge >= 0.3 is 0 Å². The van der Waals surface area contributed by atoms with Crippen LogP contribution in [-0.2, 0) is 4.74 Å². The Morgan fingerprint density at radius 1 is 1.18 bits per heavy atom.